The highest BCUT2D eigenvalue weighted by atomic mass is 16.5. The third-order valence-electron chi connectivity index (χ3n) is 8.11. The van der Waals surface area contributed by atoms with E-state index in [2.05, 4.69) is 33.1 Å². The zero-order valence-electron chi connectivity index (χ0n) is 21.7. The number of aryl methyl sites for hydroxylation is 1. The molecule has 2 atom stereocenters. The van der Waals surface area contributed by atoms with Gasteiger partial charge in [0.1, 0.15) is 0 Å². The van der Waals surface area contributed by atoms with Crippen molar-refractivity contribution in [3.8, 4) is 17.0 Å². The molecular weight excluding hydrogens is 466 g/mol. The van der Waals surface area contributed by atoms with Gasteiger partial charge in [0.15, 0.2) is 0 Å². The molecule has 0 amide bonds. The van der Waals surface area contributed by atoms with Crippen molar-refractivity contribution in [1.82, 2.24) is 24.0 Å². The predicted octanol–water partition coefficient (Wildman–Crippen LogP) is 4.55. The fourth-order valence-electron chi connectivity index (χ4n) is 6.02. The molecule has 0 bridgehead atoms. The van der Waals surface area contributed by atoms with Crippen molar-refractivity contribution in [2.24, 2.45) is 7.05 Å². The lowest BCUT2D eigenvalue weighted by molar-refractivity contribution is 0.106. The molecule has 2 fully saturated rings. The van der Waals surface area contributed by atoms with Crippen LogP contribution in [0.2, 0.25) is 0 Å². The Kier molecular flexibility index (Phi) is 6.69. The van der Waals surface area contributed by atoms with Gasteiger partial charge in [0.05, 0.1) is 35.5 Å². The molecule has 0 spiro atoms. The van der Waals surface area contributed by atoms with Crippen LogP contribution in [-0.2, 0) is 11.8 Å². The Morgan fingerprint density at radius 3 is 2.62 bits per heavy atom. The summed E-state index contributed by atoms with van der Waals surface area (Å²) < 4.78 is 15.2. The van der Waals surface area contributed by atoms with E-state index >= 15 is 0 Å². The molecule has 1 aliphatic carbocycles. The maximum absolute atomic E-state index is 13.3. The SMILES string of the molecule is COC1CCC(n2c(=O)n(C)c3cnc4ccc(-c5ccc(OCCCN6CCCC6)nc5)cc4c32)C1. The quantitative estimate of drug-likeness (QED) is 0.330. The molecule has 6 rings (SSSR count). The average Bonchev–Trinajstić information content (AvgIpc) is 3.68. The lowest BCUT2D eigenvalue weighted by Crippen LogP contribution is -2.25. The molecular formula is C29H35N5O3. The topological polar surface area (TPSA) is 74.4 Å². The monoisotopic (exact) mass is 501 g/mol. The van der Waals surface area contributed by atoms with Crippen molar-refractivity contribution in [3.63, 3.8) is 0 Å². The van der Waals surface area contributed by atoms with E-state index in [4.69, 9.17) is 9.47 Å². The predicted molar refractivity (Wildman–Crippen MR) is 145 cm³/mol. The largest absolute Gasteiger partial charge is 0.478 e. The van der Waals surface area contributed by atoms with Gasteiger partial charge in [-0.1, -0.05) is 6.07 Å². The van der Waals surface area contributed by atoms with Gasteiger partial charge in [-0.05, 0) is 75.4 Å². The van der Waals surface area contributed by atoms with E-state index in [1.165, 1.54) is 25.9 Å². The minimum Gasteiger partial charge on any atom is -0.478 e. The number of fused-ring (bicyclic) bond motifs is 3. The molecule has 3 aromatic heterocycles. The highest BCUT2D eigenvalue weighted by molar-refractivity contribution is 6.04. The van der Waals surface area contributed by atoms with E-state index in [0.29, 0.717) is 12.5 Å². The lowest BCUT2D eigenvalue weighted by Gasteiger charge is -2.14. The maximum atomic E-state index is 13.3. The summed E-state index contributed by atoms with van der Waals surface area (Å²) in [6, 6.07) is 10.3. The van der Waals surface area contributed by atoms with Gasteiger partial charge in [-0.2, -0.15) is 0 Å². The smallest absolute Gasteiger partial charge is 0.329 e. The average molecular weight is 502 g/mol. The molecule has 2 unspecified atom stereocenters. The second-order valence-corrected chi connectivity index (χ2v) is 10.4. The van der Waals surface area contributed by atoms with Crippen LogP contribution < -0.4 is 10.4 Å². The van der Waals surface area contributed by atoms with E-state index in [9.17, 15) is 4.79 Å². The van der Waals surface area contributed by atoms with Crippen LogP contribution in [0.3, 0.4) is 0 Å². The number of benzene rings is 1. The highest BCUT2D eigenvalue weighted by Crippen LogP contribution is 2.35. The summed E-state index contributed by atoms with van der Waals surface area (Å²) >= 11 is 0. The molecule has 4 aromatic rings. The van der Waals surface area contributed by atoms with Gasteiger partial charge in [-0.3, -0.25) is 14.1 Å². The standard InChI is InChI=1S/C29H35N5O3/c1-32-26-19-30-25-10-6-20(16-24(25)28(26)34(29(32)35)22-8-9-23(17-22)36-2)21-7-11-27(31-18-21)37-15-5-14-33-12-3-4-13-33/h6-7,10-11,16,18-19,22-23H,3-5,8-9,12-15,17H2,1-2H3. The first-order chi connectivity index (χ1) is 18.1. The van der Waals surface area contributed by atoms with Crippen molar-refractivity contribution < 1.29 is 9.47 Å². The van der Waals surface area contributed by atoms with Gasteiger partial charge in [0.25, 0.3) is 0 Å². The number of likely N-dealkylation sites (tertiary alicyclic amines) is 1. The molecule has 1 aromatic carbocycles. The van der Waals surface area contributed by atoms with Crippen molar-refractivity contribution in [2.75, 3.05) is 33.4 Å². The number of hydrogen-bond acceptors (Lipinski definition) is 6. The van der Waals surface area contributed by atoms with E-state index in [1.807, 2.05) is 36.1 Å². The van der Waals surface area contributed by atoms with Gasteiger partial charge in [0.2, 0.25) is 5.88 Å². The normalized spacial score (nSPS) is 20.4. The molecule has 8 heteroatoms. The molecule has 37 heavy (non-hydrogen) atoms. The highest BCUT2D eigenvalue weighted by Gasteiger charge is 2.29. The van der Waals surface area contributed by atoms with Gasteiger partial charge in [0, 0.05) is 50.0 Å². The molecule has 194 valence electrons. The van der Waals surface area contributed by atoms with Crippen LogP contribution in [0.25, 0.3) is 33.1 Å². The number of aromatic nitrogens is 4. The van der Waals surface area contributed by atoms with Crippen LogP contribution >= 0.6 is 0 Å². The van der Waals surface area contributed by atoms with Crippen LogP contribution in [0, 0.1) is 0 Å². The first-order valence-electron chi connectivity index (χ1n) is 13.5. The first kappa shape index (κ1) is 24.1. The van der Waals surface area contributed by atoms with Crippen LogP contribution in [0.5, 0.6) is 5.88 Å². The third-order valence-corrected chi connectivity index (χ3v) is 8.11. The molecule has 1 aliphatic heterocycles. The van der Waals surface area contributed by atoms with Crippen LogP contribution in [0.15, 0.2) is 47.5 Å². The summed E-state index contributed by atoms with van der Waals surface area (Å²) in [7, 11) is 3.58. The van der Waals surface area contributed by atoms with Gasteiger partial charge >= 0.3 is 5.69 Å². The van der Waals surface area contributed by atoms with Crippen LogP contribution in [0.4, 0.5) is 0 Å². The lowest BCUT2D eigenvalue weighted by atomic mass is 10.0. The Labute approximate surface area is 216 Å². The third kappa shape index (κ3) is 4.64. The Hall–Kier alpha value is -3.23. The van der Waals surface area contributed by atoms with Gasteiger partial charge in [-0.25, -0.2) is 9.78 Å². The molecule has 1 saturated heterocycles. The second-order valence-electron chi connectivity index (χ2n) is 10.4. The molecule has 1 saturated carbocycles. The van der Waals surface area contributed by atoms with Gasteiger partial charge in [-0.15, -0.1) is 0 Å². The molecule has 0 N–H and O–H groups in total. The van der Waals surface area contributed by atoms with Gasteiger partial charge < -0.3 is 14.4 Å². The summed E-state index contributed by atoms with van der Waals surface area (Å²) in [6.07, 6.45) is 10.3. The first-order valence-corrected chi connectivity index (χ1v) is 13.5. The Morgan fingerprint density at radius 2 is 1.86 bits per heavy atom. The summed E-state index contributed by atoms with van der Waals surface area (Å²) in [5.41, 5.74) is 4.73. The molecule has 8 nitrogen and oxygen atoms in total. The fourth-order valence-corrected chi connectivity index (χ4v) is 6.02. The Bertz CT molecular complexity index is 1450. The molecule has 2 aliphatic rings. The number of ether oxygens (including phenoxy) is 2. The van der Waals surface area contributed by atoms with E-state index in [0.717, 1.165) is 65.3 Å². The van der Waals surface area contributed by atoms with E-state index in [-0.39, 0.29) is 17.8 Å². The minimum absolute atomic E-state index is 0.00403. The van der Waals surface area contributed by atoms with Crippen molar-refractivity contribution >= 4 is 21.9 Å². The molecule has 4 heterocycles. The van der Waals surface area contributed by atoms with E-state index < -0.39 is 0 Å². The zero-order valence-corrected chi connectivity index (χ0v) is 21.7. The number of nitrogens with zero attached hydrogens (tertiary/aromatic N) is 5. The number of rotatable bonds is 8. The van der Waals surface area contributed by atoms with Crippen molar-refractivity contribution in [2.45, 2.75) is 50.7 Å². The molecule has 0 radical (unpaired) electrons. The maximum Gasteiger partial charge on any atom is 0.329 e. The van der Waals surface area contributed by atoms with Crippen LogP contribution in [-0.4, -0.2) is 63.5 Å². The summed E-state index contributed by atoms with van der Waals surface area (Å²) in [6.45, 7) is 4.20. The Morgan fingerprint density at radius 1 is 1.03 bits per heavy atom. The number of imidazole rings is 1. The number of hydrogen-bond donors (Lipinski definition) is 0. The van der Waals surface area contributed by atoms with Crippen LogP contribution in [0.1, 0.15) is 44.6 Å². The summed E-state index contributed by atoms with van der Waals surface area (Å²) in [4.78, 5) is 25.0. The Balaban J connectivity index is 1.27. The van der Waals surface area contributed by atoms with E-state index in [1.54, 1.807) is 11.7 Å². The summed E-state index contributed by atoms with van der Waals surface area (Å²) in [5.74, 6) is 0.654. The fraction of sp³-hybridized carbons (Fsp3) is 0.483. The number of pyridine rings is 2. The van der Waals surface area contributed by atoms with Crippen molar-refractivity contribution in [1.29, 1.82) is 0 Å². The number of methoxy groups -OCH3 is 1. The second kappa shape index (κ2) is 10.3. The summed E-state index contributed by atoms with van der Waals surface area (Å²) in [5, 5.41) is 0.982. The zero-order chi connectivity index (χ0) is 25.4. The minimum atomic E-state index is 0.00403. The van der Waals surface area contributed by atoms with Crippen molar-refractivity contribution in [3.05, 3.63) is 53.2 Å².